The van der Waals surface area contributed by atoms with Crippen molar-refractivity contribution in [3.8, 4) is 5.75 Å². The van der Waals surface area contributed by atoms with Crippen LogP contribution < -0.4 is 14.5 Å². The first-order valence-corrected chi connectivity index (χ1v) is 13.5. The minimum atomic E-state index is -4.67. The summed E-state index contributed by atoms with van der Waals surface area (Å²) in [6, 6.07) is 10.9. The van der Waals surface area contributed by atoms with E-state index < -0.39 is 51.5 Å². The van der Waals surface area contributed by atoms with Crippen molar-refractivity contribution in [2.75, 3.05) is 18.6 Å². The number of thioether (sulfide) groups is 1. The van der Waals surface area contributed by atoms with Crippen LogP contribution in [0.5, 0.6) is 5.75 Å². The number of carbonyl (C=O) groups is 3. The van der Waals surface area contributed by atoms with Crippen molar-refractivity contribution in [2.45, 2.75) is 35.8 Å². The number of rotatable bonds is 6. The fourth-order valence-electron chi connectivity index (χ4n) is 4.93. The molecule has 5 rings (SSSR count). The highest BCUT2D eigenvalue weighted by molar-refractivity contribution is 8.00. The van der Waals surface area contributed by atoms with Crippen molar-refractivity contribution in [1.82, 2.24) is 4.57 Å². The highest BCUT2D eigenvalue weighted by Gasteiger charge is 2.57. The Morgan fingerprint density at radius 3 is 2.49 bits per heavy atom. The maximum Gasteiger partial charge on any atom is 0.416 e. The van der Waals surface area contributed by atoms with Gasteiger partial charge in [0.2, 0.25) is 11.8 Å². The number of hydrogen-bond acceptors (Lipinski definition) is 8. The third kappa shape index (κ3) is 4.63. The van der Waals surface area contributed by atoms with Gasteiger partial charge < -0.3 is 9.47 Å². The molecule has 3 aromatic rings. The zero-order valence-electron chi connectivity index (χ0n) is 20.6. The largest absolute Gasteiger partial charge is 0.496 e. The molecule has 1 fully saturated rings. The monoisotopic (exact) mass is 578 g/mol. The second kappa shape index (κ2) is 10.2. The van der Waals surface area contributed by atoms with Gasteiger partial charge in [-0.25, -0.2) is 4.90 Å². The van der Waals surface area contributed by atoms with E-state index in [9.17, 15) is 32.3 Å². The molecule has 2 aliphatic heterocycles. The summed E-state index contributed by atoms with van der Waals surface area (Å²) in [5.41, 5.74) is -0.652. The van der Waals surface area contributed by atoms with Gasteiger partial charge in [0.15, 0.2) is 0 Å². The topological polar surface area (TPSA) is 94.9 Å². The summed E-state index contributed by atoms with van der Waals surface area (Å²) in [5.74, 6) is -3.48. The van der Waals surface area contributed by atoms with Gasteiger partial charge in [-0.3, -0.25) is 23.7 Å². The molecule has 0 N–H and O–H groups in total. The summed E-state index contributed by atoms with van der Waals surface area (Å²) in [6.07, 6.45) is -4.67. The lowest BCUT2D eigenvalue weighted by atomic mass is 9.82. The van der Waals surface area contributed by atoms with Crippen molar-refractivity contribution in [2.24, 2.45) is 5.92 Å². The molecule has 3 heterocycles. The van der Waals surface area contributed by atoms with Crippen molar-refractivity contribution >= 4 is 46.6 Å². The molecule has 0 radical (unpaired) electrons. The van der Waals surface area contributed by atoms with Crippen molar-refractivity contribution in [3.05, 3.63) is 74.2 Å². The Hall–Kier alpha value is -3.58. The van der Waals surface area contributed by atoms with Gasteiger partial charge in [0.05, 0.1) is 35.9 Å². The molecule has 2 aliphatic rings. The molecule has 204 valence electrons. The molecule has 0 spiro atoms. The number of anilines is 1. The number of imide groups is 1. The van der Waals surface area contributed by atoms with Crippen LogP contribution in [0, 0.1) is 5.92 Å². The summed E-state index contributed by atoms with van der Waals surface area (Å²) in [4.78, 5) is 53.6. The molecule has 13 heteroatoms. The fourth-order valence-corrected chi connectivity index (χ4v) is 7.69. The summed E-state index contributed by atoms with van der Waals surface area (Å²) >= 11 is 1.80. The van der Waals surface area contributed by atoms with E-state index in [-0.39, 0.29) is 18.8 Å². The van der Waals surface area contributed by atoms with E-state index in [1.54, 1.807) is 31.2 Å². The van der Waals surface area contributed by atoms with Gasteiger partial charge in [-0.05, 0) is 31.2 Å². The number of hydrogen-bond donors (Lipinski definition) is 0. The average molecular weight is 579 g/mol. The number of aromatic nitrogens is 1. The molecule has 1 aromatic heterocycles. The summed E-state index contributed by atoms with van der Waals surface area (Å²) < 4.78 is 52.0. The number of halogens is 3. The van der Waals surface area contributed by atoms with E-state index in [1.165, 1.54) is 17.7 Å². The second-order valence-electron chi connectivity index (χ2n) is 8.77. The number of carbonyl (C=O) groups excluding carboxylic acids is 3. The molecular formula is C26H21F3N2O6S2. The van der Waals surface area contributed by atoms with Crippen molar-refractivity contribution in [3.63, 3.8) is 0 Å². The van der Waals surface area contributed by atoms with E-state index in [0.717, 1.165) is 46.2 Å². The normalized spacial score (nSPS) is 20.5. The quantitative estimate of drug-likeness (QED) is 0.318. The van der Waals surface area contributed by atoms with E-state index in [2.05, 4.69) is 0 Å². The molecule has 3 unspecified atom stereocenters. The van der Waals surface area contributed by atoms with E-state index in [1.807, 2.05) is 0 Å². The summed E-state index contributed by atoms with van der Waals surface area (Å²) in [6.45, 7) is 1.35. The maximum atomic E-state index is 13.9. The molecule has 0 saturated carbocycles. The SMILES string of the molecule is CCOC(=O)Cn1c2c(sc1=O)C(c1ccccc1OC)C1C(=O)N(c3cccc(C(F)(F)F)c3)C(=O)C1S2. The van der Waals surface area contributed by atoms with Crippen LogP contribution in [0.4, 0.5) is 18.9 Å². The average Bonchev–Trinajstić information content (AvgIpc) is 3.34. The molecule has 0 aliphatic carbocycles. The van der Waals surface area contributed by atoms with Crippen molar-refractivity contribution < 1.29 is 37.0 Å². The first kappa shape index (κ1) is 27.0. The summed E-state index contributed by atoms with van der Waals surface area (Å²) in [5, 5.41) is -0.723. The molecule has 0 bridgehead atoms. The summed E-state index contributed by atoms with van der Waals surface area (Å²) in [7, 11) is 1.44. The Morgan fingerprint density at radius 1 is 1.05 bits per heavy atom. The number of nitrogens with zero attached hydrogens (tertiary/aromatic N) is 2. The molecule has 2 aromatic carbocycles. The number of thiazole rings is 1. The zero-order valence-corrected chi connectivity index (χ0v) is 22.2. The Bertz CT molecular complexity index is 1530. The predicted octanol–water partition coefficient (Wildman–Crippen LogP) is 4.30. The van der Waals surface area contributed by atoms with Crippen LogP contribution in [0.15, 0.2) is 58.4 Å². The lowest BCUT2D eigenvalue weighted by molar-refractivity contribution is -0.144. The first-order valence-electron chi connectivity index (χ1n) is 11.8. The Labute approximate surface area is 228 Å². The van der Waals surface area contributed by atoms with E-state index in [4.69, 9.17) is 9.47 Å². The van der Waals surface area contributed by atoms with E-state index >= 15 is 0 Å². The third-order valence-corrected chi connectivity index (χ3v) is 9.15. The Kier molecular flexibility index (Phi) is 7.06. The Morgan fingerprint density at radius 2 is 1.79 bits per heavy atom. The number of fused-ring (bicyclic) bond motifs is 2. The smallest absolute Gasteiger partial charge is 0.416 e. The number of methoxy groups -OCH3 is 1. The number of benzene rings is 2. The third-order valence-electron chi connectivity index (χ3n) is 6.55. The molecule has 1 saturated heterocycles. The maximum absolute atomic E-state index is 13.9. The van der Waals surface area contributed by atoms with Crippen LogP contribution >= 0.6 is 23.1 Å². The minimum absolute atomic E-state index is 0.112. The first-order chi connectivity index (χ1) is 18.6. The molecule has 39 heavy (non-hydrogen) atoms. The lowest BCUT2D eigenvalue weighted by Crippen LogP contribution is -2.33. The molecular weight excluding hydrogens is 557 g/mol. The van der Waals surface area contributed by atoms with Gasteiger partial charge in [0, 0.05) is 16.4 Å². The predicted molar refractivity (Wildman–Crippen MR) is 137 cm³/mol. The fraction of sp³-hybridized carbons (Fsp3) is 0.308. The van der Waals surface area contributed by atoms with Crippen LogP contribution in [-0.4, -0.2) is 41.3 Å². The Balaban J connectivity index is 1.66. The highest BCUT2D eigenvalue weighted by Crippen LogP contribution is 2.55. The minimum Gasteiger partial charge on any atom is -0.496 e. The van der Waals surface area contributed by atoms with Crippen molar-refractivity contribution in [1.29, 1.82) is 0 Å². The molecule has 2 amide bonds. The van der Waals surface area contributed by atoms with Gasteiger partial charge in [-0.1, -0.05) is 47.4 Å². The van der Waals surface area contributed by atoms with Gasteiger partial charge in [0.25, 0.3) is 0 Å². The lowest BCUT2D eigenvalue weighted by Gasteiger charge is -2.31. The van der Waals surface area contributed by atoms with Crippen LogP contribution in [-0.2, 0) is 31.8 Å². The number of ether oxygens (including phenoxy) is 2. The van der Waals surface area contributed by atoms with Gasteiger partial charge >= 0.3 is 17.0 Å². The van der Waals surface area contributed by atoms with Crippen LogP contribution in [0.3, 0.4) is 0 Å². The van der Waals surface area contributed by atoms with Gasteiger partial charge in [-0.2, -0.15) is 13.2 Å². The number of alkyl halides is 3. The van der Waals surface area contributed by atoms with E-state index in [0.29, 0.717) is 21.2 Å². The molecule has 3 atom stereocenters. The number of para-hydroxylation sites is 1. The number of amides is 2. The molecule has 8 nitrogen and oxygen atoms in total. The second-order valence-corrected chi connectivity index (χ2v) is 10.9. The van der Waals surface area contributed by atoms with Crippen LogP contribution in [0.25, 0.3) is 0 Å². The zero-order chi connectivity index (χ0) is 28.1. The van der Waals surface area contributed by atoms with Gasteiger partial charge in [-0.15, -0.1) is 0 Å². The standard InChI is InChI=1S/C26H21F3N2O6S2/c1-3-37-17(32)12-30-24-21(39-25(30)35)18(15-9-4-5-10-16(15)36-2)19-20(38-24)23(34)31(22(19)33)14-8-6-7-13(11-14)26(27,28)29/h4-11,18-20H,3,12H2,1-2H3. The van der Waals surface area contributed by atoms with Gasteiger partial charge in [0.1, 0.15) is 17.5 Å². The highest BCUT2D eigenvalue weighted by atomic mass is 32.2. The number of esters is 1. The van der Waals surface area contributed by atoms with Crippen LogP contribution in [0.2, 0.25) is 0 Å². The van der Waals surface area contributed by atoms with Crippen LogP contribution in [0.1, 0.15) is 28.8 Å².